The van der Waals surface area contributed by atoms with Gasteiger partial charge in [-0.05, 0) is 57.3 Å². The number of alkyl halides is 3. The first-order valence-corrected chi connectivity index (χ1v) is 8.19. The molecule has 1 amide bonds. The van der Waals surface area contributed by atoms with E-state index in [0.717, 1.165) is 38.4 Å². The minimum atomic E-state index is -4.51. The molecule has 1 aromatic carbocycles. The lowest BCUT2D eigenvalue weighted by Crippen LogP contribution is -2.39. The van der Waals surface area contributed by atoms with E-state index in [4.69, 9.17) is 4.74 Å². The Morgan fingerprint density at radius 3 is 2.83 bits per heavy atom. The number of ether oxygens (including phenoxy) is 1. The Morgan fingerprint density at radius 1 is 1.42 bits per heavy atom. The van der Waals surface area contributed by atoms with Crippen LogP contribution in [0.15, 0.2) is 24.3 Å². The van der Waals surface area contributed by atoms with Crippen LogP contribution in [0, 0.1) is 5.92 Å². The van der Waals surface area contributed by atoms with Crippen molar-refractivity contribution in [2.75, 3.05) is 19.6 Å². The quantitative estimate of drug-likeness (QED) is 0.834. The average Bonchev–Trinajstić information content (AvgIpc) is 2.55. The zero-order valence-corrected chi connectivity index (χ0v) is 13.7. The number of hydrogen-bond acceptors (Lipinski definition) is 3. The van der Waals surface area contributed by atoms with Gasteiger partial charge in [-0.15, -0.1) is 0 Å². The van der Waals surface area contributed by atoms with Crippen molar-refractivity contribution in [3.63, 3.8) is 0 Å². The van der Waals surface area contributed by atoms with E-state index in [9.17, 15) is 18.0 Å². The van der Waals surface area contributed by atoms with Crippen LogP contribution < -0.4 is 15.4 Å². The first-order chi connectivity index (χ1) is 11.4. The third-order valence-corrected chi connectivity index (χ3v) is 4.12. The Morgan fingerprint density at radius 2 is 2.17 bits per heavy atom. The molecule has 0 spiro atoms. The van der Waals surface area contributed by atoms with Crippen molar-refractivity contribution in [3.8, 4) is 5.75 Å². The maximum absolute atomic E-state index is 12.9. The van der Waals surface area contributed by atoms with Crippen LogP contribution in [0.25, 0.3) is 0 Å². The standard InChI is InChI=1S/C17H23F3N2O2/c1-12(16(23)22-10-8-13-5-4-9-21-11-13)24-15-7-3-2-6-14(15)17(18,19)20/h2-3,6-7,12-13,21H,4-5,8-11H2,1H3,(H,22,23). The molecule has 2 atom stereocenters. The molecule has 2 unspecified atom stereocenters. The number of benzene rings is 1. The molecule has 0 aromatic heterocycles. The fourth-order valence-electron chi connectivity index (χ4n) is 2.76. The molecular formula is C17H23F3N2O2. The third-order valence-electron chi connectivity index (χ3n) is 4.12. The van der Waals surface area contributed by atoms with Crippen LogP contribution in [0.3, 0.4) is 0 Å². The zero-order valence-electron chi connectivity index (χ0n) is 13.7. The molecule has 1 fully saturated rings. The van der Waals surface area contributed by atoms with E-state index in [0.29, 0.717) is 12.5 Å². The molecule has 1 aliphatic heterocycles. The van der Waals surface area contributed by atoms with Gasteiger partial charge >= 0.3 is 6.18 Å². The SMILES string of the molecule is CC(Oc1ccccc1C(F)(F)F)C(=O)NCCC1CCCNC1. The second kappa shape index (κ2) is 8.37. The van der Waals surface area contributed by atoms with E-state index in [1.807, 2.05) is 0 Å². The number of piperidine rings is 1. The lowest BCUT2D eigenvalue weighted by Gasteiger charge is -2.23. The van der Waals surface area contributed by atoms with Crippen molar-refractivity contribution >= 4 is 5.91 Å². The molecule has 1 saturated heterocycles. The summed E-state index contributed by atoms with van der Waals surface area (Å²) >= 11 is 0. The molecule has 4 nitrogen and oxygen atoms in total. The Hall–Kier alpha value is -1.76. The highest BCUT2D eigenvalue weighted by molar-refractivity contribution is 5.80. The monoisotopic (exact) mass is 344 g/mol. The second-order valence-corrected chi connectivity index (χ2v) is 6.05. The molecule has 0 aliphatic carbocycles. The normalized spacial score (nSPS) is 19.6. The van der Waals surface area contributed by atoms with Gasteiger partial charge in [0.1, 0.15) is 5.75 Å². The summed E-state index contributed by atoms with van der Waals surface area (Å²) in [5.41, 5.74) is -0.877. The summed E-state index contributed by atoms with van der Waals surface area (Å²) in [6, 6.07) is 4.90. The Bertz CT molecular complexity index is 543. The topological polar surface area (TPSA) is 50.4 Å². The summed E-state index contributed by atoms with van der Waals surface area (Å²) < 4.78 is 44.0. The molecule has 2 rings (SSSR count). The summed E-state index contributed by atoms with van der Waals surface area (Å²) in [5.74, 6) is -0.207. The van der Waals surface area contributed by atoms with Crippen molar-refractivity contribution in [2.45, 2.75) is 38.5 Å². The van der Waals surface area contributed by atoms with E-state index < -0.39 is 23.8 Å². The molecule has 134 valence electrons. The maximum Gasteiger partial charge on any atom is 0.419 e. The Kier molecular flexibility index (Phi) is 6.48. The smallest absolute Gasteiger partial charge is 0.419 e. The van der Waals surface area contributed by atoms with Crippen LogP contribution in [-0.2, 0) is 11.0 Å². The molecule has 1 aromatic rings. The van der Waals surface area contributed by atoms with E-state index in [1.54, 1.807) is 0 Å². The summed E-state index contributed by atoms with van der Waals surface area (Å²) in [5, 5.41) is 6.04. The van der Waals surface area contributed by atoms with Crippen LogP contribution >= 0.6 is 0 Å². The van der Waals surface area contributed by atoms with Gasteiger partial charge in [0.15, 0.2) is 6.10 Å². The van der Waals surface area contributed by atoms with Crippen LogP contribution in [0.5, 0.6) is 5.75 Å². The van der Waals surface area contributed by atoms with Gasteiger partial charge in [-0.2, -0.15) is 13.2 Å². The zero-order chi connectivity index (χ0) is 17.6. The van der Waals surface area contributed by atoms with Gasteiger partial charge in [0.2, 0.25) is 0 Å². The van der Waals surface area contributed by atoms with Gasteiger partial charge in [0.25, 0.3) is 5.91 Å². The van der Waals surface area contributed by atoms with Crippen molar-refractivity contribution in [3.05, 3.63) is 29.8 Å². The predicted octanol–water partition coefficient (Wildman–Crippen LogP) is 2.98. The van der Waals surface area contributed by atoms with Gasteiger partial charge < -0.3 is 15.4 Å². The van der Waals surface area contributed by atoms with Crippen LogP contribution in [0.2, 0.25) is 0 Å². The van der Waals surface area contributed by atoms with Crippen molar-refractivity contribution in [1.82, 2.24) is 10.6 Å². The number of halogens is 3. The molecule has 1 heterocycles. The molecular weight excluding hydrogens is 321 g/mol. The summed E-state index contributed by atoms with van der Waals surface area (Å²) in [6.45, 7) is 3.93. The van der Waals surface area contributed by atoms with Crippen molar-refractivity contribution < 1.29 is 22.7 Å². The number of rotatable bonds is 6. The van der Waals surface area contributed by atoms with Crippen LogP contribution in [0.1, 0.15) is 31.7 Å². The number of carbonyl (C=O) groups excluding carboxylic acids is 1. The number of carbonyl (C=O) groups is 1. The molecule has 1 aliphatic rings. The number of para-hydroxylation sites is 1. The lowest BCUT2D eigenvalue weighted by atomic mass is 9.96. The number of nitrogens with one attached hydrogen (secondary N) is 2. The first-order valence-electron chi connectivity index (χ1n) is 8.19. The van der Waals surface area contributed by atoms with E-state index in [1.165, 1.54) is 25.1 Å². The average molecular weight is 344 g/mol. The van der Waals surface area contributed by atoms with Crippen molar-refractivity contribution in [1.29, 1.82) is 0 Å². The molecule has 0 bridgehead atoms. The van der Waals surface area contributed by atoms with E-state index >= 15 is 0 Å². The van der Waals surface area contributed by atoms with Gasteiger partial charge in [0, 0.05) is 6.54 Å². The summed E-state index contributed by atoms with van der Waals surface area (Å²) in [6.07, 6.45) is -2.39. The van der Waals surface area contributed by atoms with Gasteiger partial charge in [-0.3, -0.25) is 4.79 Å². The van der Waals surface area contributed by atoms with Gasteiger partial charge in [-0.1, -0.05) is 12.1 Å². The van der Waals surface area contributed by atoms with Crippen LogP contribution in [-0.4, -0.2) is 31.6 Å². The van der Waals surface area contributed by atoms with Crippen LogP contribution in [0.4, 0.5) is 13.2 Å². The molecule has 24 heavy (non-hydrogen) atoms. The lowest BCUT2D eigenvalue weighted by molar-refractivity contribution is -0.140. The molecule has 2 N–H and O–H groups in total. The highest BCUT2D eigenvalue weighted by atomic mass is 19.4. The minimum Gasteiger partial charge on any atom is -0.480 e. The Balaban J connectivity index is 1.83. The van der Waals surface area contributed by atoms with E-state index in [2.05, 4.69) is 10.6 Å². The number of amides is 1. The highest BCUT2D eigenvalue weighted by Gasteiger charge is 2.34. The van der Waals surface area contributed by atoms with Gasteiger partial charge in [0.05, 0.1) is 5.56 Å². The fourth-order valence-corrected chi connectivity index (χ4v) is 2.76. The Labute approximate surface area is 139 Å². The highest BCUT2D eigenvalue weighted by Crippen LogP contribution is 2.36. The minimum absolute atomic E-state index is 0.330. The molecule has 7 heteroatoms. The number of hydrogen-bond donors (Lipinski definition) is 2. The summed E-state index contributed by atoms with van der Waals surface area (Å²) in [4.78, 5) is 12.0. The van der Waals surface area contributed by atoms with Gasteiger partial charge in [-0.25, -0.2) is 0 Å². The molecule has 0 saturated carbocycles. The first kappa shape index (κ1) is 18.6. The van der Waals surface area contributed by atoms with E-state index in [-0.39, 0.29) is 5.75 Å². The molecule has 0 radical (unpaired) electrons. The maximum atomic E-state index is 12.9. The predicted molar refractivity (Wildman–Crippen MR) is 84.8 cm³/mol. The second-order valence-electron chi connectivity index (χ2n) is 6.05. The fraction of sp³-hybridized carbons (Fsp3) is 0.588. The van der Waals surface area contributed by atoms with Crippen molar-refractivity contribution in [2.24, 2.45) is 5.92 Å². The largest absolute Gasteiger partial charge is 0.480 e. The summed E-state index contributed by atoms with van der Waals surface area (Å²) in [7, 11) is 0. The third kappa shape index (κ3) is 5.40.